The Labute approximate surface area is 238 Å². The van der Waals surface area contributed by atoms with Gasteiger partial charge in [0.05, 0.1) is 33.0 Å². The predicted octanol–water partition coefficient (Wildman–Crippen LogP) is 6.29. The molecule has 4 aromatic rings. The molecule has 0 unspecified atom stereocenters. The highest BCUT2D eigenvalue weighted by atomic mass is 35.5. The van der Waals surface area contributed by atoms with Crippen LogP contribution in [0.3, 0.4) is 0 Å². The third-order valence-corrected chi connectivity index (χ3v) is 7.30. The molecular weight excluding hydrogens is 533 g/mol. The number of H-pyrrole nitrogens is 1. The van der Waals surface area contributed by atoms with Crippen molar-refractivity contribution in [1.82, 2.24) is 25.1 Å². The molecule has 2 N–H and O–H groups in total. The van der Waals surface area contributed by atoms with Crippen molar-refractivity contribution in [3.05, 3.63) is 70.4 Å². The molecule has 202 valence electrons. The maximum absolute atomic E-state index is 12.5. The number of likely N-dealkylation sites (N-methyl/N-ethyl adjacent to an activating group) is 1. The van der Waals surface area contributed by atoms with E-state index in [9.17, 15) is 4.79 Å². The van der Waals surface area contributed by atoms with Crippen molar-refractivity contribution in [3.63, 3.8) is 0 Å². The molecule has 2 aromatic carbocycles. The van der Waals surface area contributed by atoms with E-state index in [-0.39, 0.29) is 12.2 Å². The summed E-state index contributed by atoms with van der Waals surface area (Å²) in [6, 6.07) is 11.4. The summed E-state index contributed by atoms with van der Waals surface area (Å²) in [5.74, 6) is 0.425. The van der Waals surface area contributed by atoms with Crippen LogP contribution in [0.1, 0.15) is 24.8 Å². The molecule has 1 saturated heterocycles. The van der Waals surface area contributed by atoms with Crippen LogP contribution in [0.2, 0.25) is 10.0 Å². The van der Waals surface area contributed by atoms with E-state index in [0.717, 1.165) is 53.3 Å². The molecule has 1 fully saturated rings. The zero-order valence-electron chi connectivity index (χ0n) is 22.0. The summed E-state index contributed by atoms with van der Waals surface area (Å²) in [6.07, 6.45) is 9.01. The van der Waals surface area contributed by atoms with Crippen LogP contribution in [-0.2, 0) is 11.2 Å². The number of aromatic amines is 1. The van der Waals surface area contributed by atoms with Crippen LogP contribution >= 0.6 is 23.2 Å². The van der Waals surface area contributed by atoms with Gasteiger partial charge in [0, 0.05) is 37.3 Å². The number of aromatic nitrogens is 4. The summed E-state index contributed by atoms with van der Waals surface area (Å²) in [6.45, 7) is 2.69. The highest BCUT2D eigenvalue weighted by Gasteiger charge is 2.18. The van der Waals surface area contributed by atoms with Gasteiger partial charge in [0.2, 0.25) is 5.95 Å². The van der Waals surface area contributed by atoms with Gasteiger partial charge >= 0.3 is 0 Å². The number of fused-ring (bicyclic) bond motifs is 1. The van der Waals surface area contributed by atoms with E-state index in [1.165, 1.54) is 6.42 Å². The number of nitrogens with one attached hydrogen (secondary N) is 2. The van der Waals surface area contributed by atoms with Gasteiger partial charge in [-0.3, -0.25) is 9.89 Å². The van der Waals surface area contributed by atoms with Gasteiger partial charge in [-0.2, -0.15) is 10.1 Å². The molecule has 0 bridgehead atoms. The smallest absolute Gasteiger partial charge is 0.229 e. The summed E-state index contributed by atoms with van der Waals surface area (Å²) in [4.78, 5) is 26.3. The van der Waals surface area contributed by atoms with Gasteiger partial charge in [-0.1, -0.05) is 35.3 Å². The van der Waals surface area contributed by atoms with Gasteiger partial charge in [-0.25, -0.2) is 4.98 Å². The molecule has 2 aromatic heterocycles. The number of hydrogen-bond donors (Lipinski definition) is 2. The Balaban J connectivity index is 1.45. The number of rotatable bonds is 9. The zero-order chi connectivity index (χ0) is 27.4. The number of benzene rings is 2. The average Bonchev–Trinajstić information content (AvgIpc) is 3.39. The van der Waals surface area contributed by atoms with Crippen molar-refractivity contribution in [3.8, 4) is 11.3 Å². The van der Waals surface area contributed by atoms with Crippen LogP contribution in [0.4, 0.5) is 17.3 Å². The Bertz CT molecular complexity index is 1510. The molecule has 0 saturated carbocycles. The SMILES string of the molecule is CN(C)C/C=C/C(=O)Cc1ccc(Cl)c(-c2nc(Nc3ccc(Cl)c(N4CCCCC4)c3)nc3[nH]ncc23)c1. The highest BCUT2D eigenvalue weighted by molar-refractivity contribution is 6.34. The van der Waals surface area contributed by atoms with Crippen LogP contribution in [0.5, 0.6) is 0 Å². The molecule has 1 aliphatic rings. The lowest BCUT2D eigenvalue weighted by atomic mass is 10.0. The van der Waals surface area contributed by atoms with Gasteiger partial charge in [0.1, 0.15) is 0 Å². The standard InChI is InChI=1S/C29H31Cl2N7O/c1-37(2)12-6-7-21(39)15-19-8-10-24(30)22(16-19)27-23-18-32-36-28(23)35-29(34-27)33-20-9-11-25(31)26(17-20)38-13-4-3-5-14-38/h6-11,16-18H,3-5,12-15H2,1-2H3,(H2,32,33,34,35,36)/b7-6+. The number of ketones is 1. The number of nitrogens with zero attached hydrogens (tertiary/aromatic N) is 5. The lowest BCUT2D eigenvalue weighted by molar-refractivity contribution is -0.114. The van der Waals surface area contributed by atoms with Gasteiger partial charge in [-0.05, 0) is 75.3 Å². The van der Waals surface area contributed by atoms with Crippen molar-refractivity contribution >= 4 is 57.3 Å². The minimum absolute atomic E-state index is 0.0240. The van der Waals surface area contributed by atoms with Crippen LogP contribution in [0.15, 0.2) is 54.7 Å². The first-order valence-corrected chi connectivity index (χ1v) is 13.8. The fourth-order valence-electron chi connectivity index (χ4n) is 4.71. The average molecular weight is 565 g/mol. The van der Waals surface area contributed by atoms with Crippen LogP contribution in [0.25, 0.3) is 22.3 Å². The number of halogens is 2. The molecule has 0 radical (unpaired) electrons. The predicted molar refractivity (Wildman–Crippen MR) is 159 cm³/mol. The van der Waals surface area contributed by atoms with Gasteiger partial charge in [-0.15, -0.1) is 0 Å². The summed E-state index contributed by atoms with van der Waals surface area (Å²) >= 11 is 13.2. The molecule has 5 rings (SSSR count). The van der Waals surface area contributed by atoms with E-state index in [1.54, 1.807) is 18.3 Å². The Hall–Kier alpha value is -3.46. The second-order valence-corrected chi connectivity index (χ2v) is 10.8. The first-order valence-electron chi connectivity index (χ1n) is 13.0. The maximum Gasteiger partial charge on any atom is 0.229 e. The molecular formula is C29H31Cl2N7O. The minimum atomic E-state index is 0.0240. The van der Waals surface area contributed by atoms with Crippen molar-refractivity contribution in [2.45, 2.75) is 25.7 Å². The molecule has 0 amide bonds. The Morgan fingerprint density at radius 1 is 1.08 bits per heavy atom. The quantitative estimate of drug-likeness (QED) is 0.231. The van der Waals surface area contributed by atoms with Gasteiger partial charge in [0.15, 0.2) is 11.4 Å². The fourth-order valence-corrected chi connectivity index (χ4v) is 5.16. The fraction of sp³-hybridized carbons (Fsp3) is 0.310. The topological polar surface area (TPSA) is 90.0 Å². The second kappa shape index (κ2) is 12.2. The second-order valence-electron chi connectivity index (χ2n) is 9.99. The van der Waals surface area contributed by atoms with E-state index in [2.05, 4.69) is 25.4 Å². The lowest BCUT2D eigenvalue weighted by Crippen LogP contribution is -2.29. The molecule has 0 spiro atoms. The largest absolute Gasteiger partial charge is 0.370 e. The number of hydrogen-bond acceptors (Lipinski definition) is 7. The van der Waals surface area contributed by atoms with Crippen molar-refractivity contribution in [2.24, 2.45) is 0 Å². The molecule has 10 heteroatoms. The number of carbonyl (C=O) groups is 1. The molecule has 3 heterocycles. The van der Waals surface area contributed by atoms with E-state index in [1.807, 2.05) is 55.4 Å². The Kier molecular flexibility index (Phi) is 8.45. The lowest BCUT2D eigenvalue weighted by Gasteiger charge is -2.30. The molecule has 1 aliphatic heterocycles. The highest BCUT2D eigenvalue weighted by Crippen LogP contribution is 2.35. The summed E-state index contributed by atoms with van der Waals surface area (Å²) in [5.41, 5.74) is 4.61. The Morgan fingerprint density at radius 2 is 1.87 bits per heavy atom. The first-order chi connectivity index (χ1) is 18.9. The van der Waals surface area contributed by atoms with Crippen LogP contribution in [0, 0.1) is 0 Å². The van der Waals surface area contributed by atoms with Crippen molar-refractivity contribution < 1.29 is 4.79 Å². The van der Waals surface area contributed by atoms with E-state index >= 15 is 0 Å². The Morgan fingerprint density at radius 3 is 2.67 bits per heavy atom. The van der Waals surface area contributed by atoms with Gasteiger partial charge < -0.3 is 15.1 Å². The monoisotopic (exact) mass is 563 g/mol. The van der Waals surface area contributed by atoms with E-state index in [4.69, 9.17) is 28.2 Å². The zero-order valence-corrected chi connectivity index (χ0v) is 23.6. The molecule has 0 aliphatic carbocycles. The van der Waals surface area contributed by atoms with Crippen LogP contribution in [-0.4, -0.2) is 64.6 Å². The third-order valence-electron chi connectivity index (χ3n) is 6.65. The third kappa shape index (κ3) is 6.58. The summed E-state index contributed by atoms with van der Waals surface area (Å²) in [5, 5.41) is 12.5. The minimum Gasteiger partial charge on any atom is -0.370 e. The van der Waals surface area contributed by atoms with Crippen molar-refractivity contribution in [1.29, 1.82) is 0 Å². The summed E-state index contributed by atoms with van der Waals surface area (Å²) < 4.78 is 0. The van der Waals surface area contributed by atoms with E-state index < -0.39 is 0 Å². The number of piperidine rings is 1. The molecule has 0 atom stereocenters. The maximum atomic E-state index is 12.5. The first kappa shape index (κ1) is 27.1. The van der Waals surface area contributed by atoms with Gasteiger partial charge in [0.25, 0.3) is 0 Å². The molecule has 8 nitrogen and oxygen atoms in total. The number of carbonyl (C=O) groups excluding carboxylic acids is 1. The number of anilines is 3. The van der Waals surface area contributed by atoms with Crippen LogP contribution < -0.4 is 10.2 Å². The number of allylic oxidation sites excluding steroid dienone is 1. The van der Waals surface area contributed by atoms with E-state index in [0.29, 0.717) is 34.4 Å². The normalized spacial score (nSPS) is 14.0. The van der Waals surface area contributed by atoms with Crippen molar-refractivity contribution in [2.75, 3.05) is 43.9 Å². The molecule has 39 heavy (non-hydrogen) atoms. The summed E-state index contributed by atoms with van der Waals surface area (Å²) in [7, 11) is 3.92.